The Labute approximate surface area is 141 Å². The van der Waals surface area contributed by atoms with Crippen LogP contribution in [0.2, 0.25) is 0 Å². The fourth-order valence-electron chi connectivity index (χ4n) is 2.88. The Bertz CT molecular complexity index is 662. The Hall–Kier alpha value is -2.37. The average Bonchev–Trinajstić information content (AvgIpc) is 3.03. The van der Waals surface area contributed by atoms with E-state index in [0.717, 1.165) is 31.7 Å². The number of hydrogen-bond donors (Lipinski definition) is 1. The Morgan fingerprint density at radius 3 is 2.75 bits per heavy atom. The van der Waals surface area contributed by atoms with E-state index in [1.165, 1.54) is 12.1 Å². The molecule has 128 valence electrons. The van der Waals surface area contributed by atoms with Gasteiger partial charge in [0.1, 0.15) is 5.82 Å². The predicted octanol–water partition coefficient (Wildman–Crippen LogP) is 3.34. The number of rotatable bonds is 6. The summed E-state index contributed by atoms with van der Waals surface area (Å²) >= 11 is 0. The molecule has 1 atom stereocenters. The molecule has 1 unspecified atom stereocenters. The summed E-state index contributed by atoms with van der Waals surface area (Å²) in [6, 6.07) is 6.69. The first-order chi connectivity index (χ1) is 11.6. The molecule has 1 saturated heterocycles. The smallest absolute Gasteiger partial charge is 0.257 e. The van der Waals surface area contributed by atoms with Crippen molar-refractivity contribution in [2.24, 2.45) is 5.92 Å². The molecule has 3 rings (SSSR count). The van der Waals surface area contributed by atoms with E-state index in [2.05, 4.69) is 20.2 Å². The number of halogens is 1. The SMILES string of the molecule is CC(C)Oc1nccnc1NCC1CCN(c2ccc(F)cc2)C1. The topological polar surface area (TPSA) is 50.3 Å². The first-order valence-electron chi connectivity index (χ1n) is 8.34. The van der Waals surface area contributed by atoms with Gasteiger partial charge in [-0.25, -0.2) is 14.4 Å². The van der Waals surface area contributed by atoms with E-state index in [-0.39, 0.29) is 11.9 Å². The minimum absolute atomic E-state index is 0.0581. The van der Waals surface area contributed by atoms with E-state index < -0.39 is 0 Å². The summed E-state index contributed by atoms with van der Waals surface area (Å²) in [4.78, 5) is 10.9. The van der Waals surface area contributed by atoms with Crippen LogP contribution in [0.1, 0.15) is 20.3 Å². The molecule has 1 aliphatic heterocycles. The molecule has 0 bridgehead atoms. The third kappa shape index (κ3) is 4.13. The van der Waals surface area contributed by atoms with Gasteiger partial charge in [-0.3, -0.25) is 0 Å². The summed E-state index contributed by atoms with van der Waals surface area (Å²) in [7, 11) is 0. The molecule has 1 aromatic heterocycles. The maximum Gasteiger partial charge on any atom is 0.257 e. The fraction of sp³-hybridized carbons (Fsp3) is 0.444. The third-order valence-corrected chi connectivity index (χ3v) is 4.05. The van der Waals surface area contributed by atoms with Gasteiger partial charge in [-0.1, -0.05) is 0 Å². The molecule has 5 nitrogen and oxygen atoms in total. The van der Waals surface area contributed by atoms with Gasteiger partial charge in [0, 0.05) is 37.7 Å². The van der Waals surface area contributed by atoms with Crippen LogP contribution in [-0.4, -0.2) is 35.7 Å². The van der Waals surface area contributed by atoms with Crippen LogP contribution in [0, 0.1) is 11.7 Å². The third-order valence-electron chi connectivity index (χ3n) is 4.05. The van der Waals surface area contributed by atoms with Crippen LogP contribution in [0.25, 0.3) is 0 Å². The van der Waals surface area contributed by atoms with E-state index in [1.807, 2.05) is 26.0 Å². The molecule has 0 aliphatic carbocycles. The maximum absolute atomic E-state index is 13.0. The summed E-state index contributed by atoms with van der Waals surface area (Å²) in [5.41, 5.74) is 1.07. The van der Waals surface area contributed by atoms with Gasteiger partial charge in [0.15, 0.2) is 5.82 Å². The van der Waals surface area contributed by atoms with E-state index in [1.54, 1.807) is 12.4 Å². The van der Waals surface area contributed by atoms with Crippen LogP contribution >= 0.6 is 0 Å². The minimum atomic E-state index is -0.198. The van der Waals surface area contributed by atoms with Gasteiger partial charge in [-0.2, -0.15) is 0 Å². The maximum atomic E-state index is 13.0. The average molecular weight is 330 g/mol. The van der Waals surface area contributed by atoms with Gasteiger partial charge in [0.2, 0.25) is 0 Å². The molecular weight excluding hydrogens is 307 g/mol. The highest BCUT2D eigenvalue weighted by atomic mass is 19.1. The van der Waals surface area contributed by atoms with Crippen LogP contribution in [0.5, 0.6) is 5.88 Å². The number of hydrogen-bond acceptors (Lipinski definition) is 5. The van der Waals surface area contributed by atoms with Crippen LogP contribution in [0.15, 0.2) is 36.7 Å². The van der Waals surface area contributed by atoms with Crippen LogP contribution in [0.4, 0.5) is 15.9 Å². The van der Waals surface area contributed by atoms with Gasteiger partial charge in [0.25, 0.3) is 5.88 Å². The standard InChI is InChI=1S/C18H23FN4O/c1-13(2)24-18-17(20-8-9-21-18)22-11-14-7-10-23(12-14)16-5-3-15(19)4-6-16/h3-6,8-9,13-14H,7,10-12H2,1-2H3,(H,20,22). The summed E-state index contributed by atoms with van der Waals surface area (Å²) < 4.78 is 18.7. The van der Waals surface area contributed by atoms with E-state index in [9.17, 15) is 4.39 Å². The first-order valence-corrected chi connectivity index (χ1v) is 8.34. The Balaban J connectivity index is 1.56. The van der Waals surface area contributed by atoms with E-state index in [4.69, 9.17) is 4.74 Å². The number of anilines is 2. The largest absolute Gasteiger partial charge is 0.472 e. The van der Waals surface area contributed by atoms with Crippen molar-refractivity contribution < 1.29 is 9.13 Å². The quantitative estimate of drug-likeness (QED) is 0.880. The van der Waals surface area contributed by atoms with Crippen molar-refractivity contribution in [3.63, 3.8) is 0 Å². The number of benzene rings is 1. The second-order valence-corrected chi connectivity index (χ2v) is 6.33. The molecule has 0 spiro atoms. The number of aromatic nitrogens is 2. The molecule has 1 N–H and O–H groups in total. The fourth-order valence-corrected chi connectivity index (χ4v) is 2.88. The zero-order chi connectivity index (χ0) is 16.9. The lowest BCUT2D eigenvalue weighted by Gasteiger charge is -2.19. The normalized spacial score (nSPS) is 17.3. The van der Waals surface area contributed by atoms with E-state index >= 15 is 0 Å². The molecule has 1 aromatic carbocycles. The Morgan fingerprint density at radius 1 is 1.25 bits per heavy atom. The number of nitrogens with zero attached hydrogens (tertiary/aromatic N) is 3. The highest BCUT2D eigenvalue weighted by molar-refractivity contribution is 5.48. The van der Waals surface area contributed by atoms with Gasteiger partial charge in [0.05, 0.1) is 6.10 Å². The molecule has 0 saturated carbocycles. The molecule has 0 amide bonds. The van der Waals surface area contributed by atoms with Crippen LogP contribution in [-0.2, 0) is 0 Å². The molecule has 2 aromatic rings. The van der Waals surface area contributed by atoms with Crippen molar-refractivity contribution >= 4 is 11.5 Å². The van der Waals surface area contributed by atoms with Crippen molar-refractivity contribution in [2.45, 2.75) is 26.4 Å². The molecule has 1 fully saturated rings. The second kappa shape index (κ2) is 7.47. The second-order valence-electron chi connectivity index (χ2n) is 6.33. The number of ether oxygens (including phenoxy) is 1. The number of nitrogens with one attached hydrogen (secondary N) is 1. The monoisotopic (exact) mass is 330 g/mol. The minimum Gasteiger partial charge on any atom is -0.472 e. The highest BCUT2D eigenvalue weighted by Gasteiger charge is 2.23. The van der Waals surface area contributed by atoms with Crippen LogP contribution in [0.3, 0.4) is 0 Å². The lowest BCUT2D eigenvalue weighted by Crippen LogP contribution is -2.23. The van der Waals surface area contributed by atoms with Crippen LogP contribution < -0.4 is 15.0 Å². The lowest BCUT2D eigenvalue weighted by molar-refractivity contribution is 0.233. The summed E-state index contributed by atoms with van der Waals surface area (Å²) in [5, 5.41) is 3.36. The first kappa shape index (κ1) is 16.5. The van der Waals surface area contributed by atoms with E-state index in [0.29, 0.717) is 17.6 Å². The lowest BCUT2D eigenvalue weighted by atomic mass is 10.1. The zero-order valence-electron chi connectivity index (χ0n) is 14.1. The summed E-state index contributed by atoms with van der Waals surface area (Å²) in [5.74, 6) is 1.53. The molecule has 24 heavy (non-hydrogen) atoms. The predicted molar refractivity (Wildman–Crippen MR) is 93.0 cm³/mol. The molecule has 6 heteroatoms. The highest BCUT2D eigenvalue weighted by Crippen LogP contribution is 2.25. The molecule has 0 radical (unpaired) electrons. The van der Waals surface area contributed by atoms with Crippen molar-refractivity contribution in [1.82, 2.24) is 9.97 Å². The molecule has 2 heterocycles. The molecular formula is C18H23FN4O. The summed E-state index contributed by atoms with van der Waals surface area (Å²) in [6.45, 7) is 6.67. The van der Waals surface area contributed by atoms with Gasteiger partial charge in [-0.15, -0.1) is 0 Å². The van der Waals surface area contributed by atoms with Crippen molar-refractivity contribution in [3.05, 3.63) is 42.5 Å². The van der Waals surface area contributed by atoms with Gasteiger partial charge in [-0.05, 0) is 50.5 Å². The Kier molecular flexibility index (Phi) is 5.13. The summed E-state index contributed by atoms with van der Waals surface area (Å²) in [6.07, 6.45) is 4.44. The zero-order valence-corrected chi connectivity index (χ0v) is 14.1. The molecule has 1 aliphatic rings. The van der Waals surface area contributed by atoms with Crippen molar-refractivity contribution in [1.29, 1.82) is 0 Å². The Morgan fingerprint density at radius 2 is 2.00 bits per heavy atom. The van der Waals surface area contributed by atoms with Gasteiger partial charge < -0.3 is 15.0 Å². The van der Waals surface area contributed by atoms with Crippen molar-refractivity contribution in [3.8, 4) is 5.88 Å². The van der Waals surface area contributed by atoms with Crippen molar-refractivity contribution in [2.75, 3.05) is 29.9 Å². The van der Waals surface area contributed by atoms with Gasteiger partial charge >= 0.3 is 0 Å².